The summed E-state index contributed by atoms with van der Waals surface area (Å²) in [7, 11) is 1.32. The molecule has 0 aromatic heterocycles. The zero-order valence-corrected chi connectivity index (χ0v) is 11.0. The van der Waals surface area contributed by atoms with E-state index in [0.717, 1.165) is 17.5 Å². The fourth-order valence-corrected chi connectivity index (χ4v) is 1.64. The molecule has 18 heavy (non-hydrogen) atoms. The van der Waals surface area contributed by atoms with Gasteiger partial charge in [0.25, 0.3) is 0 Å². The van der Waals surface area contributed by atoms with E-state index in [2.05, 4.69) is 28.9 Å². The number of hydrogen-bond donors (Lipinski definition) is 0. The maximum atomic E-state index is 11.3. The smallest absolute Gasteiger partial charge is 0.298 e. The van der Waals surface area contributed by atoms with Gasteiger partial charge in [-0.2, -0.15) is 4.89 Å². The second-order valence-corrected chi connectivity index (χ2v) is 4.09. The molecule has 0 spiro atoms. The zero-order valence-electron chi connectivity index (χ0n) is 11.0. The van der Waals surface area contributed by atoms with Crippen molar-refractivity contribution >= 4 is 12.0 Å². The van der Waals surface area contributed by atoms with Crippen LogP contribution >= 0.6 is 0 Å². The van der Waals surface area contributed by atoms with Gasteiger partial charge < -0.3 is 0 Å². The number of carbonyl (C=O) groups is 1. The van der Waals surface area contributed by atoms with Gasteiger partial charge in [-0.05, 0) is 17.5 Å². The van der Waals surface area contributed by atoms with Crippen molar-refractivity contribution in [1.82, 2.24) is 0 Å². The van der Waals surface area contributed by atoms with Gasteiger partial charge in [0.2, 0.25) is 0 Å². The summed E-state index contributed by atoms with van der Waals surface area (Å²) in [5.74, 6) is -0.385. The summed E-state index contributed by atoms with van der Waals surface area (Å²) in [6.07, 6.45) is 7.97. The summed E-state index contributed by atoms with van der Waals surface area (Å²) in [4.78, 5) is 20.0. The topological polar surface area (TPSA) is 35.5 Å². The van der Waals surface area contributed by atoms with Crippen LogP contribution in [0.15, 0.2) is 30.3 Å². The molecule has 1 aromatic rings. The molecule has 3 heteroatoms. The third-order valence-corrected chi connectivity index (χ3v) is 2.51. The predicted molar refractivity (Wildman–Crippen MR) is 71.8 cm³/mol. The first-order valence-electron chi connectivity index (χ1n) is 6.25. The van der Waals surface area contributed by atoms with Gasteiger partial charge in [-0.25, -0.2) is 4.79 Å². The van der Waals surface area contributed by atoms with Crippen LogP contribution in [0.5, 0.6) is 0 Å². The van der Waals surface area contributed by atoms with Crippen LogP contribution < -0.4 is 0 Å². The molecule has 0 amide bonds. The zero-order chi connectivity index (χ0) is 13.2. The maximum absolute atomic E-state index is 11.3. The summed E-state index contributed by atoms with van der Waals surface area (Å²) >= 11 is 0. The lowest BCUT2D eigenvalue weighted by Gasteiger charge is -2.01. The third-order valence-electron chi connectivity index (χ3n) is 2.51. The van der Waals surface area contributed by atoms with Crippen molar-refractivity contribution in [3.63, 3.8) is 0 Å². The minimum absolute atomic E-state index is 0.227. The molecule has 98 valence electrons. The van der Waals surface area contributed by atoms with Gasteiger partial charge in [0.15, 0.2) is 0 Å². The number of carbonyl (C=O) groups excluding carboxylic acids is 1. The molecule has 0 radical (unpaired) electrons. The summed E-state index contributed by atoms with van der Waals surface area (Å²) in [6.45, 7) is 2.18. The normalized spacial score (nSPS) is 10.8. The van der Waals surface area contributed by atoms with Crippen molar-refractivity contribution in [3.05, 3.63) is 41.5 Å². The molecule has 0 saturated heterocycles. The number of rotatable bonds is 7. The molecule has 0 aliphatic heterocycles. The van der Waals surface area contributed by atoms with Gasteiger partial charge in [0.05, 0.1) is 13.5 Å². The molecule has 0 atom stereocenters. The molecule has 0 N–H and O–H groups in total. The van der Waals surface area contributed by atoms with Crippen molar-refractivity contribution in [1.29, 1.82) is 0 Å². The second-order valence-electron chi connectivity index (χ2n) is 4.09. The minimum atomic E-state index is -0.385. The Morgan fingerprint density at radius 2 is 2.22 bits per heavy atom. The Hall–Kier alpha value is -1.61. The average Bonchev–Trinajstić information content (AvgIpc) is 2.35. The van der Waals surface area contributed by atoms with Gasteiger partial charge in [0, 0.05) is 0 Å². The highest BCUT2D eigenvalue weighted by Crippen LogP contribution is 2.09. The molecule has 0 heterocycles. The first-order valence-corrected chi connectivity index (χ1v) is 6.25. The highest BCUT2D eigenvalue weighted by atomic mass is 17.2. The monoisotopic (exact) mass is 248 g/mol. The van der Waals surface area contributed by atoms with Crippen molar-refractivity contribution < 1.29 is 14.6 Å². The first kappa shape index (κ1) is 14.5. The Morgan fingerprint density at radius 3 is 2.94 bits per heavy atom. The van der Waals surface area contributed by atoms with E-state index in [-0.39, 0.29) is 12.4 Å². The average molecular weight is 248 g/mol. The quantitative estimate of drug-likeness (QED) is 0.420. The van der Waals surface area contributed by atoms with E-state index in [9.17, 15) is 4.79 Å². The maximum Gasteiger partial charge on any atom is 0.346 e. The van der Waals surface area contributed by atoms with Gasteiger partial charge >= 0.3 is 5.97 Å². The van der Waals surface area contributed by atoms with E-state index in [1.54, 1.807) is 0 Å². The van der Waals surface area contributed by atoms with E-state index in [4.69, 9.17) is 0 Å². The Bertz CT molecular complexity index is 396. The van der Waals surface area contributed by atoms with E-state index in [1.165, 1.54) is 20.0 Å². The van der Waals surface area contributed by atoms with Crippen LogP contribution in [0.3, 0.4) is 0 Å². The lowest BCUT2D eigenvalue weighted by atomic mass is 10.1. The molecular formula is C15H20O3. The van der Waals surface area contributed by atoms with E-state index in [1.807, 2.05) is 24.3 Å². The minimum Gasteiger partial charge on any atom is -0.298 e. The van der Waals surface area contributed by atoms with Crippen molar-refractivity contribution in [2.45, 2.75) is 32.6 Å². The van der Waals surface area contributed by atoms with Crippen LogP contribution in [0.25, 0.3) is 6.08 Å². The Morgan fingerprint density at radius 1 is 1.39 bits per heavy atom. The summed E-state index contributed by atoms with van der Waals surface area (Å²) in [5.41, 5.74) is 2.03. The molecule has 1 rings (SSSR count). The summed E-state index contributed by atoms with van der Waals surface area (Å²) in [5, 5.41) is 0. The van der Waals surface area contributed by atoms with Crippen molar-refractivity contribution in [2.75, 3.05) is 7.11 Å². The predicted octanol–water partition coefficient (Wildman–Crippen LogP) is 3.54. The third kappa shape index (κ3) is 5.64. The molecule has 3 nitrogen and oxygen atoms in total. The Labute approximate surface area is 108 Å². The van der Waals surface area contributed by atoms with E-state index in [0.29, 0.717) is 0 Å². The molecule has 0 aliphatic rings. The van der Waals surface area contributed by atoms with Crippen molar-refractivity contribution in [2.24, 2.45) is 0 Å². The van der Waals surface area contributed by atoms with Gasteiger partial charge in [-0.3, -0.25) is 4.89 Å². The molecule has 0 fully saturated rings. The molecule has 0 unspecified atom stereocenters. The molecule has 0 bridgehead atoms. The largest absolute Gasteiger partial charge is 0.346 e. The molecule has 0 aliphatic carbocycles. The highest BCUT2D eigenvalue weighted by Gasteiger charge is 2.04. The Balaban J connectivity index is 2.56. The van der Waals surface area contributed by atoms with Gasteiger partial charge in [-0.1, -0.05) is 56.2 Å². The van der Waals surface area contributed by atoms with Crippen LogP contribution in [0.2, 0.25) is 0 Å². The summed E-state index contributed by atoms with van der Waals surface area (Å²) in [6, 6.07) is 7.85. The van der Waals surface area contributed by atoms with Crippen LogP contribution in [0, 0.1) is 0 Å². The van der Waals surface area contributed by atoms with Crippen LogP contribution in [-0.2, 0) is 21.0 Å². The van der Waals surface area contributed by atoms with Gasteiger partial charge in [0.1, 0.15) is 0 Å². The SMILES string of the molecule is CCCC/C=C/c1cccc(CC(=O)OOC)c1. The lowest BCUT2D eigenvalue weighted by molar-refractivity contribution is -0.254. The molecule has 1 aromatic carbocycles. The van der Waals surface area contributed by atoms with Crippen molar-refractivity contribution in [3.8, 4) is 0 Å². The summed E-state index contributed by atoms with van der Waals surface area (Å²) < 4.78 is 0. The Kier molecular flexibility index (Phi) is 6.81. The number of allylic oxidation sites excluding steroid dienone is 1. The van der Waals surface area contributed by atoms with Crippen LogP contribution in [0.4, 0.5) is 0 Å². The van der Waals surface area contributed by atoms with E-state index < -0.39 is 0 Å². The fraction of sp³-hybridized carbons (Fsp3) is 0.400. The highest BCUT2D eigenvalue weighted by molar-refractivity contribution is 5.72. The second kappa shape index (κ2) is 8.48. The molecular weight excluding hydrogens is 228 g/mol. The molecule has 0 saturated carbocycles. The van der Waals surface area contributed by atoms with Crippen LogP contribution in [0.1, 0.15) is 37.3 Å². The standard InChI is InChI=1S/C15H20O3/c1-3-4-5-6-8-13-9-7-10-14(11-13)12-15(16)18-17-2/h6-11H,3-5,12H2,1-2H3/b8-6+. The number of unbranched alkanes of at least 4 members (excludes halogenated alkanes) is 2. The van der Waals surface area contributed by atoms with E-state index >= 15 is 0 Å². The van der Waals surface area contributed by atoms with Crippen LogP contribution in [-0.4, -0.2) is 13.1 Å². The number of hydrogen-bond acceptors (Lipinski definition) is 3. The lowest BCUT2D eigenvalue weighted by Crippen LogP contribution is -2.06. The number of benzene rings is 1. The van der Waals surface area contributed by atoms with Gasteiger partial charge in [-0.15, -0.1) is 0 Å². The first-order chi connectivity index (χ1) is 8.76. The fourth-order valence-electron chi connectivity index (χ4n) is 1.64.